The fourth-order valence-corrected chi connectivity index (χ4v) is 6.71. The van der Waals surface area contributed by atoms with Crippen LogP contribution in [-0.2, 0) is 16.1 Å². The van der Waals surface area contributed by atoms with E-state index in [0.717, 1.165) is 30.0 Å². The predicted molar refractivity (Wildman–Crippen MR) is 209 cm³/mol. The Bertz CT molecular complexity index is 2140. The molecule has 3 heterocycles. The van der Waals surface area contributed by atoms with Crippen LogP contribution in [-0.4, -0.2) is 81.5 Å². The molecule has 1 fully saturated rings. The number of benzene rings is 3. The van der Waals surface area contributed by atoms with Gasteiger partial charge in [0.2, 0.25) is 5.91 Å². The Kier molecular flexibility index (Phi) is 11.7. The quantitative estimate of drug-likeness (QED) is 0.130. The zero-order valence-corrected chi connectivity index (χ0v) is 30.9. The first-order valence-corrected chi connectivity index (χ1v) is 17.5. The first kappa shape index (κ1) is 36.7. The van der Waals surface area contributed by atoms with Gasteiger partial charge in [0.25, 0.3) is 5.56 Å². The zero-order chi connectivity index (χ0) is 36.8. The van der Waals surface area contributed by atoms with Crippen LogP contribution < -0.4 is 30.6 Å². The van der Waals surface area contributed by atoms with Crippen molar-refractivity contribution in [3.63, 3.8) is 0 Å². The van der Waals surface area contributed by atoms with E-state index in [0.29, 0.717) is 53.7 Å². The summed E-state index contributed by atoms with van der Waals surface area (Å²) in [5.74, 6) is 0.922. The molecule has 0 radical (unpaired) electrons. The second-order valence-electron chi connectivity index (χ2n) is 12.5. The smallest absolute Gasteiger partial charge is 0.259 e. The molecule has 2 N–H and O–H groups in total. The molecule has 0 unspecified atom stereocenters. The van der Waals surface area contributed by atoms with Crippen LogP contribution in [0.4, 0.5) is 22.9 Å². The van der Waals surface area contributed by atoms with Crippen molar-refractivity contribution in [3.05, 3.63) is 111 Å². The number of halogens is 2. The molecule has 0 bridgehead atoms. The number of aromatic nitrogens is 2. The molecule has 270 valence electrons. The van der Waals surface area contributed by atoms with Crippen molar-refractivity contribution < 1.29 is 19.0 Å². The number of amides is 1. The summed E-state index contributed by atoms with van der Waals surface area (Å²) in [4.78, 5) is 36.2. The molecule has 1 aliphatic rings. The maximum atomic E-state index is 14.6. The molecule has 52 heavy (non-hydrogen) atoms. The molecular weight excluding hydrogens is 703 g/mol. The summed E-state index contributed by atoms with van der Waals surface area (Å²) < 4.78 is 18.1. The standard InChI is InChI=1S/C39H40Cl2N6O5/c1-45(2)14-6-9-35(48)44-28-8-5-7-25(19-28)24-47-31-21-34(43-27-10-12-29(13-11-27)46-15-17-52-18-16-46)42-23-26(31)20-30(39(47)49)36-37(40)32(50-3)22-33(51-4)38(36)41/h5-13,19-23H,14-18,24H2,1-4H3,(H,42,43)(H,44,48)/b9-6+. The number of hydrogen-bond acceptors (Lipinski definition) is 9. The number of morpholine rings is 1. The molecule has 2 aromatic heterocycles. The first-order valence-electron chi connectivity index (χ1n) is 16.7. The molecular formula is C39H40Cl2N6O5. The van der Waals surface area contributed by atoms with Gasteiger partial charge in [0.15, 0.2) is 0 Å². The Labute approximate surface area is 312 Å². The number of ether oxygens (including phenoxy) is 3. The van der Waals surface area contributed by atoms with Crippen LogP contribution in [0.3, 0.4) is 0 Å². The van der Waals surface area contributed by atoms with Gasteiger partial charge in [-0.15, -0.1) is 0 Å². The van der Waals surface area contributed by atoms with E-state index >= 15 is 0 Å². The Morgan fingerprint density at radius 2 is 1.67 bits per heavy atom. The molecule has 11 nitrogen and oxygen atoms in total. The largest absolute Gasteiger partial charge is 0.495 e. The van der Waals surface area contributed by atoms with Crippen LogP contribution in [0.25, 0.3) is 22.0 Å². The van der Waals surface area contributed by atoms with Gasteiger partial charge in [-0.05, 0) is 62.1 Å². The molecule has 1 aliphatic heterocycles. The van der Waals surface area contributed by atoms with Gasteiger partial charge >= 0.3 is 0 Å². The molecule has 0 saturated carbocycles. The number of carbonyl (C=O) groups is 1. The number of likely N-dealkylation sites (N-methyl/N-ethyl adjacent to an activating group) is 1. The summed E-state index contributed by atoms with van der Waals surface area (Å²) in [7, 11) is 6.82. The third kappa shape index (κ3) is 8.35. The highest BCUT2D eigenvalue weighted by molar-refractivity contribution is 6.41. The molecule has 3 aromatic carbocycles. The van der Waals surface area contributed by atoms with Crippen molar-refractivity contribution in [1.29, 1.82) is 0 Å². The lowest BCUT2D eigenvalue weighted by Gasteiger charge is -2.28. The lowest BCUT2D eigenvalue weighted by molar-refractivity contribution is -0.111. The van der Waals surface area contributed by atoms with E-state index in [2.05, 4.69) is 27.7 Å². The summed E-state index contributed by atoms with van der Waals surface area (Å²) in [6.07, 6.45) is 5.00. The third-order valence-corrected chi connectivity index (χ3v) is 9.36. The van der Waals surface area contributed by atoms with Gasteiger partial charge < -0.3 is 39.2 Å². The molecule has 0 atom stereocenters. The van der Waals surface area contributed by atoms with Crippen molar-refractivity contribution in [1.82, 2.24) is 14.5 Å². The van der Waals surface area contributed by atoms with Gasteiger partial charge in [-0.3, -0.25) is 9.59 Å². The minimum Gasteiger partial charge on any atom is -0.495 e. The van der Waals surface area contributed by atoms with Gasteiger partial charge in [0.05, 0.1) is 55.1 Å². The van der Waals surface area contributed by atoms with E-state index in [1.165, 1.54) is 20.3 Å². The first-order chi connectivity index (χ1) is 25.1. The minimum atomic E-state index is -0.348. The number of hydrogen-bond donors (Lipinski definition) is 2. The molecule has 0 aliphatic carbocycles. The van der Waals surface area contributed by atoms with Crippen molar-refractivity contribution in [2.45, 2.75) is 6.54 Å². The zero-order valence-electron chi connectivity index (χ0n) is 29.4. The predicted octanol–water partition coefficient (Wildman–Crippen LogP) is 7.07. The second kappa shape index (κ2) is 16.5. The summed E-state index contributed by atoms with van der Waals surface area (Å²) in [5, 5.41) is 7.32. The third-order valence-electron chi connectivity index (χ3n) is 8.61. The number of fused-ring (bicyclic) bond motifs is 1. The number of nitrogens with zero attached hydrogens (tertiary/aromatic N) is 4. The summed E-state index contributed by atoms with van der Waals surface area (Å²) in [5.41, 5.74) is 4.15. The van der Waals surface area contributed by atoms with Crippen LogP contribution in [0.2, 0.25) is 10.0 Å². The Morgan fingerprint density at radius 1 is 0.962 bits per heavy atom. The fraction of sp³-hybridized carbons (Fsp3) is 0.256. The molecule has 13 heteroatoms. The van der Waals surface area contributed by atoms with Gasteiger partial charge in [-0.25, -0.2) is 4.98 Å². The summed E-state index contributed by atoms with van der Waals surface area (Å²) >= 11 is 13.6. The van der Waals surface area contributed by atoms with Crippen LogP contribution in [0.1, 0.15) is 5.56 Å². The Balaban J connectivity index is 1.41. The average Bonchev–Trinajstić information content (AvgIpc) is 3.14. The second-order valence-corrected chi connectivity index (χ2v) is 13.2. The number of nitrogens with one attached hydrogen (secondary N) is 2. The summed E-state index contributed by atoms with van der Waals surface area (Å²) in [6.45, 7) is 3.92. The van der Waals surface area contributed by atoms with Crippen LogP contribution >= 0.6 is 23.2 Å². The maximum absolute atomic E-state index is 14.6. The minimum absolute atomic E-state index is 0.164. The van der Waals surface area contributed by atoms with Gasteiger partial charge in [0.1, 0.15) is 17.3 Å². The molecule has 1 saturated heterocycles. The number of rotatable bonds is 12. The SMILES string of the molecule is COc1cc(OC)c(Cl)c(-c2cc3cnc(Nc4ccc(N5CCOCC5)cc4)cc3n(Cc3cccc(NC(=O)/C=C/CN(C)C)c3)c2=O)c1Cl. The number of methoxy groups -OCH3 is 2. The lowest BCUT2D eigenvalue weighted by Crippen LogP contribution is -2.36. The van der Waals surface area contributed by atoms with E-state index in [9.17, 15) is 9.59 Å². The van der Waals surface area contributed by atoms with Crippen molar-refractivity contribution >= 4 is 62.9 Å². The normalized spacial score (nSPS) is 13.2. The lowest BCUT2D eigenvalue weighted by atomic mass is 10.0. The molecule has 5 aromatic rings. The topological polar surface area (TPSA) is 110 Å². The van der Waals surface area contributed by atoms with E-state index in [1.807, 2.05) is 55.4 Å². The van der Waals surface area contributed by atoms with E-state index in [1.54, 1.807) is 35.0 Å². The van der Waals surface area contributed by atoms with Crippen LogP contribution in [0, 0.1) is 0 Å². The highest BCUT2D eigenvalue weighted by atomic mass is 35.5. The Hall–Kier alpha value is -5.07. The molecule has 6 rings (SSSR count). The van der Waals surface area contributed by atoms with E-state index in [-0.39, 0.29) is 39.2 Å². The van der Waals surface area contributed by atoms with Crippen molar-refractivity contribution in [2.24, 2.45) is 0 Å². The molecule has 1 amide bonds. The maximum Gasteiger partial charge on any atom is 0.259 e. The monoisotopic (exact) mass is 742 g/mol. The van der Waals surface area contributed by atoms with Crippen LogP contribution in [0.5, 0.6) is 11.5 Å². The van der Waals surface area contributed by atoms with E-state index in [4.69, 9.17) is 42.4 Å². The fourth-order valence-electron chi connectivity index (χ4n) is 6.01. The van der Waals surface area contributed by atoms with Crippen molar-refractivity contribution in [2.75, 3.05) is 76.7 Å². The van der Waals surface area contributed by atoms with Crippen molar-refractivity contribution in [3.8, 4) is 22.6 Å². The Morgan fingerprint density at radius 3 is 2.35 bits per heavy atom. The highest BCUT2D eigenvalue weighted by Crippen LogP contribution is 2.45. The summed E-state index contributed by atoms with van der Waals surface area (Å²) in [6, 6.07) is 20.7. The number of anilines is 4. The average molecular weight is 744 g/mol. The van der Waals surface area contributed by atoms with Gasteiger partial charge in [0, 0.05) is 72.1 Å². The number of pyridine rings is 2. The van der Waals surface area contributed by atoms with E-state index < -0.39 is 0 Å². The highest BCUT2D eigenvalue weighted by Gasteiger charge is 2.23. The van der Waals surface area contributed by atoms with Gasteiger partial charge in [-0.2, -0.15) is 0 Å². The number of carbonyl (C=O) groups excluding carboxylic acids is 1. The van der Waals surface area contributed by atoms with Crippen LogP contribution in [0.15, 0.2) is 89.9 Å². The van der Waals surface area contributed by atoms with Gasteiger partial charge in [-0.1, -0.05) is 41.4 Å². The molecule has 0 spiro atoms.